The van der Waals surface area contributed by atoms with Crippen molar-refractivity contribution in [1.82, 2.24) is 9.80 Å². The van der Waals surface area contributed by atoms with Crippen LogP contribution in [0.25, 0.3) is 0 Å². The number of carbonyl (C=O) groups excluding carboxylic acids is 2. The van der Waals surface area contributed by atoms with Crippen LogP contribution >= 0.6 is 0 Å². The highest BCUT2D eigenvalue weighted by Gasteiger charge is 2.38. The first-order chi connectivity index (χ1) is 23.2. The van der Waals surface area contributed by atoms with E-state index in [2.05, 4.69) is 20.4 Å². The molecule has 2 aliphatic heterocycles. The van der Waals surface area contributed by atoms with Crippen LogP contribution in [-0.4, -0.2) is 103 Å². The molecule has 5 rings (SSSR count). The summed E-state index contributed by atoms with van der Waals surface area (Å²) in [6.45, 7) is 5.92. The Morgan fingerprint density at radius 2 is 0.878 bits per heavy atom. The normalized spacial score (nSPS) is 14.7. The SMILES string of the molecule is N=C(N)N1CCN(c2ccc(NC(=O)c3ccc(C(=O)Nc4ccc(N5CCN(C(=N)N)CC5)cc4)cc3)cc2)CC1.O=C(O)C(F)(F)F. The van der Waals surface area contributed by atoms with Crippen molar-refractivity contribution in [3.63, 3.8) is 0 Å². The van der Waals surface area contributed by atoms with Crippen LogP contribution in [0.15, 0.2) is 72.8 Å². The Bertz CT molecular complexity index is 1530. The maximum atomic E-state index is 12.8. The van der Waals surface area contributed by atoms with Gasteiger partial charge in [0.15, 0.2) is 11.9 Å². The second-order valence-corrected chi connectivity index (χ2v) is 11.1. The fraction of sp³-hybridized carbons (Fsp3) is 0.281. The molecule has 14 nitrogen and oxygen atoms in total. The van der Waals surface area contributed by atoms with Crippen LogP contribution in [0.1, 0.15) is 20.7 Å². The minimum Gasteiger partial charge on any atom is -0.475 e. The zero-order chi connectivity index (χ0) is 35.7. The first-order valence-corrected chi connectivity index (χ1v) is 15.1. The summed E-state index contributed by atoms with van der Waals surface area (Å²) >= 11 is 0. The predicted molar refractivity (Wildman–Crippen MR) is 180 cm³/mol. The summed E-state index contributed by atoms with van der Waals surface area (Å²) < 4.78 is 31.7. The number of anilines is 4. The lowest BCUT2D eigenvalue weighted by Gasteiger charge is -2.36. The number of nitrogens with two attached hydrogens (primary N) is 2. The lowest BCUT2D eigenvalue weighted by Crippen LogP contribution is -2.50. The number of alkyl halides is 3. The van der Waals surface area contributed by atoms with Crippen LogP contribution in [0.3, 0.4) is 0 Å². The van der Waals surface area contributed by atoms with Crippen molar-refractivity contribution in [2.24, 2.45) is 11.5 Å². The van der Waals surface area contributed by atoms with Crippen molar-refractivity contribution in [3.05, 3.63) is 83.9 Å². The molecule has 2 fully saturated rings. The lowest BCUT2D eigenvalue weighted by atomic mass is 10.1. The van der Waals surface area contributed by atoms with Gasteiger partial charge in [-0.2, -0.15) is 13.2 Å². The van der Waals surface area contributed by atoms with Crippen molar-refractivity contribution in [2.75, 3.05) is 72.8 Å². The second-order valence-electron chi connectivity index (χ2n) is 11.1. The standard InChI is InChI=1S/C30H36N10O2.C2HF3O2/c31-29(32)39-17-13-37(14-18-39)25-9-5-23(6-10-25)35-27(41)21-1-2-22(4-3-21)28(42)36-24-7-11-26(12-8-24)38-15-19-40(20-16-38)30(33)34;3-2(4,5)1(6)7/h1-12H,13-20H2,(H3,31,32)(H3,33,34)(H,35,41)(H,36,42);(H,6,7). The highest BCUT2D eigenvalue weighted by atomic mass is 19.4. The number of halogens is 3. The van der Waals surface area contributed by atoms with Crippen molar-refractivity contribution >= 4 is 52.5 Å². The molecule has 3 aromatic carbocycles. The third kappa shape index (κ3) is 9.99. The number of nitrogens with zero attached hydrogens (tertiary/aromatic N) is 4. The summed E-state index contributed by atoms with van der Waals surface area (Å²) in [4.78, 5) is 42.6. The molecule has 0 aliphatic carbocycles. The Hall–Kier alpha value is -6.00. The van der Waals surface area contributed by atoms with Crippen molar-refractivity contribution in [2.45, 2.75) is 6.18 Å². The Balaban J connectivity index is 0.000000698. The number of piperazine rings is 2. The van der Waals surface area contributed by atoms with Crippen LogP contribution < -0.4 is 31.9 Å². The highest BCUT2D eigenvalue weighted by Crippen LogP contribution is 2.22. The maximum Gasteiger partial charge on any atom is 0.490 e. The van der Waals surface area contributed by atoms with Gasteiger partial charge in [0.1, 0.15) is 0 Å². The topological polar surface area (TPSA) is 208 Å². The van der Waals surface area contributed by atoms with Gasteiger partial charge in [0.2, 0.25) is 0 Å². The van der Waals surface area contributed by atoms with E-state index in [9.17, 15) is 22.8 Å². The third-order valence-corrected chi connectivity index (χ3v) is 7.87. The lowest BCUT2D eigenvalue weighted by molar-refractivity contribution is -0.192. The molecule has 0 spiro atoms. The molecule has 3 aromatic rings. The summed E-state index contributed by atoms with van der Waals surface area (Å²) in [5.74, 6) is -3.07. The molecule has 0 unspecified atom stereocenters. The largest absolute Gasteiger partial charge is 0.490 e. The van der Waals surface area contributed by atoms with Crippen LogP contribution in [0, 0.1) is 10.8 Å². The predicted octanol–water partition coefficient (Wildman–Crippen LogP) is 2.86. The summed E-state index contributed by atoms with van der Waals surface area (Å²) in [6, 6.07) is 21.9. The summed E-state index contributed by atoms with van der Waals surface area (Å²) in [5.41, 5.74) is 15.5. The number of carboxylic acid groups (broad SMARTS) is 1. The molecule has 0 radical (unpaired) electrons. The molecule has 2 heterocycles. The highest BCUT2D eigenvalue weighted by molar-refractivity contribution is 6.07. The van der Waals surface area contributed by atoms with Crippen molar-refractivity contribution in [1.29, 1.82) is 10.8 Å². The number of aliphatic carboxylic acids is 1. The van der Waals surface area contributed by atoms with E-state index >= 15 is 0 Å². The van der Waals surface area contributed by atoms with Crippen LogP contribution in [-0.2, 0) is 4.79 Å². The number of hydrogen-bond donors (Lipinski definition) is 7. The van der Waals surface area contributed by atoms with Gasteiger partial charge in [-0.25, -0.2) is 4.79 Å². The number of amides is 2. The number of carboxylic acids is 1. The van der Waals surface area contributed by atoms with Gasteiger partial charge in [-0.1, -0.05) is 0 Å². The molecular weight excluding hydrogens is 645 g/mol. The van der Waals surface area contributed by atoms with Gasteiger partial charge in [-0.15, -0.1) is 0 Å². The first-order valence-electron chi connectivity index (χ1n) is 15.1. The Kier molecular flexibility index (Phi) is 11.5. The molecule has 0 bridgehead atoms. The molecule has 260 valence electrons. The van der Waals surface area contributed by atoms with E-state index in [-0.39, 0.29) is 23.7 Å². The average Bonchev–Trinajstić information content (AvgIpc) is 3.09. The maximum absolute atomic E-state index is 12.8. The van der Waals surface area contributed by atoms with Crippen molar-refractivity contribution in [3.8, 4) is 0 Å². The minimum atomic E-state index is -5.08. The number of carbonyl (C=O) groups is 3. The number of hydrogen-bond acceptors (Lipinski definition) is 7. The van der Waals surface area contributed by atoms with E-state index in [0.29, 0.717) is 48.7 Å². The molecule has 9 N–H and O–H groups in total. The van der Waals surface area contributed by atoms with Crippen LogP contribution in [0.4, 0.5) is 35.9 Å². The van der Waals surface area contributed by atoms with E-state index in [0.717, 1.165) is 37.6 Å². The first kappa shape index (κ1) is 35.8. The number of nitrogens with one attached hydrogen (secondary N) is 4. The second kappa shape index (κ2) is 15.7. The van der Waals surface area contributed by atoms with E-state index in [1.165, 1.54) is 0 Å². The van der Waals surface area contributed by atoms with Gasteiger partial charge >= 0.3 is 12.1 Å². The van der Waals surface area contributed by atoms with Gasteiger partial charge in [0.05, 0.1) is 0 Å². The summed E-state index contributed by atoms with van der Waals surface area (Å²) in [5, 5.41) is 28.1. The van der Waals surface area contributed by atoms with E-state index < -0.39 is 12.1 Å². The monoisotopic (exact) mass is 682 g/mol. The molecule has 0 aromatic heterocycles. The van der Waals surface area contributed by atoms with Gasteiger partial charge in [0, 0.05) is 86.2 Å². The van der Waals surface area contributed by atoms with Crippen LogP contribution in [0.2, 0.25) is 0 Å². The average molecular weight is 683 g/mol. The molecule has 17 heteroatoms. The van der Waals surface area contributed by atoms with Crippen molar-refractivity contribution < 1.29 is 32.7 Å². The molecule has 49 heavy (non-hydrogen) atoms. The fourth-order valence-electron chi connectivity index (χ4n) is 5.10. The van der Waals surface area contributed by atoms with Gasteiger partial charge in [-0.05, 0) is 72.8 Å². The number of guanidine groups is 2. The molecule has 2 amide bonds. The molecule has 0 atom stereocenters. The van der Waals surface area contributed by atoms with E-state index in [4.69, 9.17) is 32.2 Å². The van der Waals surface area contributed by atoms with E-state index in [1.807, 2.05) is 58.3 Å². The molecule has 2 saturated heterocycles. The fourth-order valence-corrected chi connectivity index (χ4v) is 5.10. The number of benzene rings is 3. The Labute approximate surface area is 280 Å². The molecular formula is C32H37F3N10O4. The third-order valence-electron chi connectivity index (χ3n) is 7.87. The van der Waals surface area contributed by atoms with Crippen LogP contribution in [0.5, 0.6) is 0 Å². The Morgan fingerprint density at radius 3 is 1.12 bits per heavy atom. The van der Waals surface area contributed by atoms with E-state index in [1.54, 1.807) is 24.3 Å². The quantitative estimate of drug-likeness (QED) is 0.149. The molecule has 2 aliphatic rings. The Morgan fingerprint density at radius 1 is 0.592 bits per heavy atom. The summed E-state index contributed by atoms with van der Waals surface area (Å²) in [6.07, 6.45) is -5.08. The zero-order valence-corrected chi connectivity index (χ0v) is 26.3. The van der Waals surface area contributed by atoms with Gasteiger partial charge in [-0.3, -0.25) is 20.4 Å². The van der Waals surface area contributed by atoms with Gasteiger partial charge < -0.3 is 46.8 Å². The summed E-state index contributed by atoms with van der Waals surface area (Å²) in [7, 11) is 0. The zero-order valence-electron chi connectivity index (χ0n) is 26.3. The van der Waals surface area contributed by atoms with Gasteiger partial charge in [0.25, 0.3) is 11.8 Å². The minimum absolute atomic E-state index is 0.102. The smallest absolute Gasteiger partial charge is 0.475 e. The number of rotatable bonds is 6. The molecule has 0 saturated carbocycles.